The summed E-state index contributed by atoms with van der Waals surface area (Å²) in [6.45, 7) is 6.04. The minimum Gasteiger partial charge on any atom is -0.494 e. The van der Waals surface area contributed by atoms with Crippen LogP contribution in [0.25, 0.3) is 6.08 Å². The molecule has 3 aromatic carbocycles. The van der Waals surface area contributed by atoms with Gasteiger partial charge in [-0.2, -0.15) is 0 Å². The van der Waals surface area contributed by atoms with Crippen LogP contribution in [0, 0.1) is 23.2 Å². The first-order valence-corrected chi connectivity index (χ1v) is 12.4. The molecule has 1 fully saturated rings. The van der Waals surface area contributed by atoms with E-state index < -0.39 is 17.8 Å². The summed E-state index contributed by atoms with van der Waals surface area (Å²) in [5, 5.41) is 2.25. The van der Waals surface area contributed by atoms with Gasteiger partial charge in [-0.25, -0.2) is 14.1 Å². The largest absolute Gasteiger partial charge is 0.494 e. The Labute approximate surface area is 222 Å². The molecule has 1 aliphatic rings. The maximum absolute atomic E-state index is 14.3. The number of halogens is 2. The van der Waals surface area contributed by atoms with Crippen LogP contribution in [0.2, 0.25) is 0 Å². The summed E-state index contributed by atoms with van der Waals surface area (Å²) in [5.41, 5.74) is 4.02. The Morgan fingerprint density at radius 1 is 1.03 bits per heavy atom. The fraction of sp³-hybridized carbons (Fsp3) is 0.179. The average molecular weight is 598 g/mol. The molecular formula is C28H24FIN2O4. The van der Waals surface area contributed by atoms with Crippen molar-refractivity contribution in [1.29, 1.82) is 0 Å². The third-order valence-electron chi connectivity index (χ3n) is 5.96. The molecule has 1 heterocycles. The predicted octanol–water partition coefficient (Wildman–Crippen LogP) is 5.70. The molecule has 4 amide bonds. The van der Waals surface area contributed by atoms with Crippen molar-refractivity contribution in [2.75, 3.05) is 11.5 Å². The second kappa shape index (κ2) is 10.6. The van der Waals surface area contributed by atoms with E-state index in [9.17, 15) is 18.8 Å². The number of benzene rings is 3. The molecule has 1 aliphatic heterocycles. The number of urea groups is 1. The lowest BCUT2D eigenvalue weighted by atomic mass is 10.00. The molecular weight excluding hydrogens is 574 g/mol. The molecule has 0 atom stereocenters. The minimum absolute atomic E-state index is 0.173. The molecule has 3 aromatic rings. The SMILES string of the molecule is CCOc1cc(/C=C2\C(=O)NC(=O)N(c3ccc(C)c(C)c3)C2=O)cc(I)c1Cc1ccccc1F. The maximum Gasteiger partial charge on any atom is 0.335 e. The summed E-state index contributed by atoms with van der Waals surface area (Å²) in [6, 6.07) is 14.5. The summed E-state index contributed by atoms with van der Waals surface area (Å²) < 4.78 is 20.9. The highest BCUT2D eigenvalue weighted by molar-refractivity contribution is 14.1. The van der Waals surface area contributed by atoms with Gasteiger partial charge >= 0.3 is 6.03 Å². The number of nitrogens with one attached hydrogen (secondary N) is 1. The van der Waals surface area contributed by atoms with Crippen molar-refractivity contribution in [3.63, 3.8) is 0 Å². The standard InChI is InChI=1S/C28H24FIN2O4/c1-4-36-25-14-18(13-24(30)21(25)15-19-7-5-6-8-23(19)29)12-22-26(33)31-28(35)32(27(22)34)20-10-9-16(2)17(3)11-20/h5-14H,4,15H2,1-3H3,(H,31,33,35)/b22-12+. The molecule has 0 spiro atoms. The summed E-state index contributed by atoms with van der Waals surface area (Å²) in [7, 11) is 0. The molecule has 184 valence electrons. The van der Waals surface area contributed by atoms with Crippen molar-refractivity contribution in [2.24, 2.45) is 0 Å². The fourth-order valence-corrected chi connectivity index (χ4v) is 4.74. The topological polar surface area (TPSA) is 75.7 Å². The van der Waals surface area contributed by atoms with E-state index in [0.29, 0.717) is 35.6 Å². The minimum atomic E-state index is -0.796. The third-order valence-corrected chi connectivity index (χ3v) is 6.93. The number of amides is 4. The fourth-order valence-electron chi connectivity index (χ4n) is 3.93. The first-order valence-electron chi connectivity index (χ1n) is 11.4. The highest BCUT2D eigenvalue weighted by atomic mass is 127. The molecule has 8 heteroatoms. The van der Waals surface area contributed by atoms with E-state index in [1.807, 2.05) is 26.8 Å². The number of carbonyl (C=O) groups excluding carboxylic acids is 3. The first kappa shape index (κ1) is 25.6. The second-order valence-electron chi connectivity index (χ2n) is 8.41. The molecule has 0 aromatic heterocycles. The zero-order valence-electron chi connectivity index (χ0n) is 20.0. The molecule has 1 saturated heterocycles. The van der Waals surface area contributed by atoms with Gasteiger partial charge in [0.15, 0.2) is 0 Å². The van der Waals surface area contributed by atoms with Crippen molar-refractivity contribution in [3.05, 3.63) is 97.4 Å². The molecule has 6 nitrogen and oxygen atoms in total. The van der Waals surface area contributed by atoms with Crippen LogP contribution in [0.3, 0.4) is 0 Å². The normalized spacial score (nSPS) is 14.9. The van der Waals surface area contributed by atoms with Gasteiger partial charge < -0.3 is 4.74 Å². The van der Waals surface area contributed by atoms with Crippen molar-refractivity contribution in [2.45, 2.75) is 27.2 Å². The quantitative estimate of drug-likeness (QED) is 0.225. The zero-order chi connectivity index (χ0) is 26.0. The van der Waals surface area contributed by atoms with Crippen molar-refractivity contribution >= 4 is 52.2 Å². The summed E-state index contributed by atoms with van der Waals surface area (Å²) in [5.74, 6) is -1.25. The van der Waals surface area contributed by atoms with Crippen molar-refractivity contribution in [1.82, 2.24) is 5.32 Å². The number of barbiturate groups is 1. The number of nitrogens with zero attached hydrogens (tertiary/aromatic N) is 1. The summed E-state index contributed by atoms with van der Waals surface area (Å²) in [6.07, 6.45) is 1.77. The molecule has 0 saturated carbocycles. The van der Waals surface area contributed by atoms with E-state index in [1.165, 1.54) is 12.1 Å². The number of carbonyl (C=O) groups is 3. The number of hydrogen-bond donors (Lipinski definition) is 1. The van der Waals surface area contributed by atoms with Crippen LogP contribution in [-0.4, -0.2) is 24.5 Å². The smallest absolute Gasteiger partial charge is 0.335 e. The Hall–Kier alpha value is -3.53. The van der Waals surface area contributed by atoms with Crippen LogP contribution in [0.5, 0.6) is 5.75 Å². The van der Waals surface area contributed by atoms with Crippen LogP contribution >= 0.6 is 22.6 Å². The van der Waals surface area contributed by atoms with Gasteiger partial charge in [-0.15, -0.1) is 0 Å². The predicted molar refractivity (Wildman–Crippen MR) is 144 cm³/mol. The molecule has 4 rings (SSSR count). The third kappa shape index (κ3) is 5.18. The number of hydrogen-bond acceptors (Lipinski definition) is 4. The van der Waals surface area contributed by atoms with Gasteiger partial charge in [0.25, 0.3) is 11.8 Å². The Kier molecular flexibility index (Phi) is 7.53. The lowest BCUT2D eigenvalue weighted by molar-refractivity contribution is -0.122. The van der Waals surface area contributed by atoms with Gasteiger partial charge in [-0.3, -0.25) is 14.9 Å². The maximum atomic E-state index is 14.3. The van der Waals surface area contributed by atoms with Gasteiger partial charge in [0.05, 0.1) is 12.3 Å². The second-order valence-corrected chi connectivity index (χ2v) is 9.57. The lowest BCUT2D eigenvalue weighted by Crippen LogP contribution is -2.54. The average Bonchev–Trinajstić information content (AvgIpc) is 2.82. The van der Waals surface area contributed by atoms with Gasteiger partial charge in [-0.1, -0.05) is 24.3 Å². The highest BCUT2D eigenvalue weighted by Crippen LogP contribution is 2.31. The van der Waals surface area contributed by atoms with E-state index in [1.54, 1.807) is 42.5 Å². The molecule has 1 N–H and O–H groups in total. The van der Waals surface area contributed by atoms with E-state index in [4.69, 9.17) is 4.74 Å². The van der Waals surface area contributed by atoms with E-state index in [0.717, 1.165) is 25.2 Å². The van der Waals surface area contributed by atoms with E-state index in [2.05, 4.69) is 27.9 Å². The molecule has 0 unspecified atom stereocenters. The molecule has 0 bridgehead atoms. The van der Waals surface area contributed by atoms with Gasteiger partial charge in [0.2, 0.25) is 0 Å². The number of ether oxygens (including phenoxy) is 1. The Morgan fingerprint density at radius 3 is 2.47 bits per heavy atom. The molecule has 0 radical (unpaired) electrons. The van der Waals surface area contributed by atoms with Crippen molar-refractivity contribution in [3.8, 4) is 5.75 Å². The van der Waals surface area contributed by atoms with Gasteiger partial charge in [0.1, 0.15) is 17.1 Å². The summed E-state index contributed by atoms with van der Waals surface area (Å²) in [4.78, 5) is 39.4. The number of imide groups is 2. The van der Waals surface area contributed by atoms with Crippen LogP contribution in [-0.2, 0) is 16.0 Å². The monoisotopic (exact) mass is 598 g/mol. The molecule has 0 aliphatic carbocycles. The van der Waals surface area contributed by atoms with Gasteiger partial charge in [-0.05, 0) is 102 Å². The zero-order valence-corrected chi connectivity index (χ0v) is 22.2. The van der Waals surface area contributed by atoms with E-state index in [-0.39, 0.29) is 11.4 Å². The summed E-state index contributed by atoms with van der Waals surface area (Å²) >= 11 is 2.14. The lowest BCUT2D eigenvalue weighted by Gasteiger charge is -2.27. The number of rotatable bonds is 6. The first-order chi connectivity index (χ1) is 17.2. The number of anilines is 1. The van der Waals surface area contributed by atoms with Crippen LogP contribution in [0.4, 0.5) is 14.9 Å². The van der Waals surface area contributed by atoms with Crippen molar-refractivity contribution < 1.29 is 23.5 Å². The Morgan fingerprint density at radius 2 is 1.78 bits per heavy atom. The Balaban J connectivity index is 1.73. The van der Waals surface area contributed by atoms with Crippen LogP contribution in [0.1, 0.15) is 34.7 Å². The van der Waals surface area contributed by atoms with Gasteiger partial charge in [0, 0.05) is 15.6 Å². The van der Waals surface area contributed by atoms with Crippen LogP contribution in [0.15, 0.2) is 60.2 Å². The van der Waals surface area contributed by atoms with E-state index >= 15 is 0 Å². The highest BCUT2D eigenvalue weighted by Gasteiger charge is 2.37. The Bertz CT molecular complexity index is 1420. The number of aryl methyl sites for hydroxylation is 2. The van der Waals surface area contributed by atoms with Crippen LogP contribution < -0.4 is 15.0 Å². The molecule has 36 heavy (non-hydrogen) atoms.